The van der Waals surface area contributed by atoms with Crippen molar-refractivity contribution in [2.75, 3.05) is 9.80 Å². The number of rotatable bonds is 10. The zero-order valence-electron chi connectivity index (χ0n) is 35.8. The van der Waals surface area contributed by atoms with Crippen LogP contribution in [0.2, 0.25) is 0 Å². The van der Waals surface area contributed by atoms with E-state index < -0.39 is 0 Å². The fourth-order valence-corrected chi connectivity index (χ4v) is 10.2. The Kier molecular flexibility index (Phi) is 10.0. The summed E-state index contributed by atoms with van der Waals surface area (Å²) in [5.74, 6) is 0. The largest absolute Gasteiger partial charge is 0.456 e. The van der Waals surface area contributed by atoms with Gasteiger partial charge < -0.3 is 14.2 Å². The Morgan fingerprint density at radius 2 is 0.727 bits per heavy atom. The van der Waals surface area contributed by atoms with Crippen LogP contribution in [-0.2, 0) is 0 Å². The third-order valence-corrected chi connectivity index (χ3v) is 13.5. The zero-order valence-corrected chi connectivity index (χ0v) is 36.6. The molecule has 10 aromatic carbocycles. The van der Waals surface area contributed by atoms with Gasteiger partial charge in [0, 0.05) is 61.6 Å². The van der Waals surface area contributed by atoms with Crippen molar-refractivity contribution in [2.24, 2.45) is 0 Å². The molecule has 0 amide bonds. The monoisotopic (exact) mass is 863 g/mol. The summed E-state index contributed by atoms with van der Waals surface area (Å²) >= 11 is 1.75. The predicted molar refractivity (Wildman–Crippen MR) is 278 cm³/mol. The van der Waals surface area contributed by atoms with Crippen LogP contribution in [0.15, 0.2) is 253 Å². The van der Waals surface area contributed by atoms with E-state index in [-0.39, 0.29) is 0 Å². The number of fused-ring (bicyclic) bond motifs is 4. The molecule has 4 nitrogen and oxygen atoms in total. The van der Waals surface area contributed by atoms with Gasteiger partial charge in [-0.1, -0.05) is 158 Å². The summed E-state index contributed by atoms with van der Waals surface area (Å²) < 4.78 is 7.28. The first-order chi connectivity index (χ1) is 32.7. The molecule has 0 saturated heterocycles. The van der Waals surface area contributed by atoms with Crippen molar-refractivity contribution in [3.63, 3.8) is 0 Å². The lowest BCUT2D eigenvalue weighted by Crippen LogP contribution is -2.09. The Morgan fingerprint density at radius 3 is 1.27 bits per heavy atom. The Morgan fingerprint density at radius 1 is 0.318 bits per heavy atom. The van der Waals surface area contributed by atoms with Gasteiger partial charge in [0.1, 0.15) is 16.2 Å². The minimum atomic E-state index is 0.899. The summed E-state index contributed by atoms with van der Waals surface area (Å²) in [5.41, 5.74) is 17.3. The van der Waals surface area contributed by atoms with Crippen LogP contribution >= 0.6 is 11.3 Å². The van der Waals surface area contributed by atoms with Gasteiger partial charge in [-0.25, -0.2) is 4.98 Å². The van der Waals surface area contributed by atoms with Gasteiger partial charge in [-0.2, -0.15) is 0 Å². The van der Waals surface area contributed by atoms with Crippen LogP contribution in [-0.4, -0.2) is 4.98 Å². The first-order valence-corrected chi connectivity index (χ1v) is 23.0. The molecule has 0 aliphatic heterocycles. The number of para-hydroxylation sites is 5. The van der Waals surface area contributed by atoms with Gasteiger partial charge in [-0.05, 0) is 113 Å². The minimum absolute atomic E-state index is 0.899. The Balaban J connectivity index is 0.943. The molecule has 12 rings (SSSR count). The van der Waals surface area contributed by atoms with Crippen molar-refractivity contribution in [1.82, 2.24) is 4.98 Å². The smallest absolute Gasteiger partial charge is 0.135 e. The van der Waals surface area contributed by atoms with Crippen LogP contribution in [0.25, 0.3) is 76.1 Å². The molecular formula is C61H41N3OS. The van der Waals surface area contributed by atoms with E-state index in [1.807, 2.05) is 12.1 Å². The molecule has 5 heteroatoms. The van der Waals surface area contributed by atoms with Crippen molar-refractivity contribution in [3.8, 4) is 44.0 Å². The first-order valence-electron chi connectivity index (χ1n) is 22.2. The third kappa shape index (κ3) is 7.28. The normalized spacial score (nSPS) is 11.3. The molecule has 0 aliphatic carbocycles. The summed E-state index contributed by atoms with van der Waals surface area (Å²) in [6.45, 7) is 0. The lowest BCUT2D eigenvalue weighted by atomic mass is 9.98. The maximum absolute atomic E-state index is 6.13. The van der Waals surface area contributed by atoms with Gasteiger partial charge in [0.25, 0.3) is 0 Å². The molecule has 0 radical (unpaired) electrons. The number of aromatic nitrogens is 1. The fourth-order valence-electron chi connectivity index (χ4n) is 9.08. The second kappa shape index (κ2) is 16.9. The van der Waals surface area contributed by atoms with Crippen LogP contribution in [0, 0.1) is 0 Å². The lowest BCUT2D eigenvalue weighted by Gasteiger charge is -2.25. The summed E-state index contributed by atoms with van der Waals surface area (Å²) in [5, 5.41) is 3.24. The van der Waals surface area contributed by atoms with Gasteiger partial charge in [0.2, 0.25) is 0 Å². The van der Waals surface area contributed by atoms with Gasteiger partial charge in [0.05, 0.1) is 10.2 Å². The molecule has 0 N–H and O–H groups in total. The topological polar surface area (TPSA) is 32.5 Å². The standard InChI is InChI=1S/C61H41N3OS/c1-5-15-47(16-6-1)63(48-17-7-2-8-18-48)51-34-29-43(30-35-51)53-38-39-54(44-31-36-52(37-32-44)64(49-19-9-3-10-20-49)50-21-11-4-12-22-50)60-59(53)62-61(66-60)45-27-25-42(26-28-45)46-33-40-58-56(41-46)55-23-13-14-24-57(55)65-58/h1-41H. The molecule has 12 aromatic rings. The van der Waals surface area contributed by atoms with Crippen molar-refractivity contribution in [3.05, 3.63) is 249 Å². The molecule has 66 heavy (non-hydrogen) atoms. The molecular weight excluding hydrogens is 823 g/mol. The molecule has 0 atom stereocenters. The Bertz CT molecular complexity index is 3360. The second-order valence-corrected chi connectivity index (χ2v) is 17.3. The van der Waals surface area contributed by atoms with Gasteiger partial charge >= 0.3 is 0 Å². The van der Waals surface area contributed by atoms with E-state index in [2.05, 4.69) is 246 Å². The highest BCUT2D eigenvalue weighted by molar-refractivity contribution is 7.22. The summed E-state index contributed by atoms with van der Waals surface area (Å²) in [7, 11) is 0. The van der Waals surface area contributed by atoms with Crippen molar-refractivity contribution < 1.29 is 4.42 Å². The maximum Gasteiger partial charge on any atom is 0.135 e. The number of nitrogens with zero attached hydrogens (tertiary/aromatic N) is 3. The molecule has 2 aromatic heterocycles. The van der Waals surface area contributed by atoms with E-state index in [9.17, 15) is 0 Å². The Labute approximate surface area is 387 Å². The van der Waals surface area contributed by atoms with Crippen LogP contribution in [0.5, 0.6) is 0 Å². The van der Waals surface area contributed by atoms with E-state index >= 15 is 0 Å². The lowest BCUT2D eigenvalue weighted by molar-refractivity contribution is 0.669. The molecule has 0 spiro atoms. The summed E-state index contributed by atoms with van der Waals surface area (Å²) in [6, 6.07) is 88.0. The fraction of sp³-hybridized carbons (Fsp3) is 0. The average molecular weight is 864 g/mol. The number of hydrogen-bond donors (Lipinski definition) is 0. The van der Waals surface area contributed by atoms with Crippen LogP contribution in [0.1, 0.15) is 0 Å². The summed E-state index contributed by atoms with van der Waals surface area (Å²) in [4.78, 5) is 10.1. The molecule has 0 bridgehead atoms. The number of thiazole rings is 1. The van der Waals surface area contributed by atoms with Gasteiger partial charge in [-0.3, -0.25) is 0 Å². The maximum atomic E-state index is 6.13. The molecule has 312 valence electrons. The quantitative estimate of drug-likeness (QED) is 0.137. The second-order valence-electron chi connectivity index (χ2n) is 16.4. The van der Waals surface area contributed by atoms with E-state index in [0.29, 0.717) is 0 Å². The van der Waals surface area contributed by atoms with Crippen molar-refractivity contribution in [1.29, 1.82) is 0 Å². The third-order valence-electron chi connectivity index (χ3n) is 12.3. The molecule has 0 saturated carbocycles. The minimum Gasteiger partial charge on any atom is -0.456 e. The Hall–Kier alpha value is -8.51. The highest BCUT2D eigenvalue weighted by atomic mass is 32.1. The first kappa shape index (κ1) is 39.1. The van der Waals surface area contributed by atoms with Crippen LogP contribution in [0.3, 0.4) is 0 Å². The van der Waals surface area contributed by atoms with Gasteiger partial charge in [0.15, 0.2) is 0 Å². The van der Waals surface area contributed by atoms with Crippen LogP contribution < -0.4 is 9.80 Å². The van der Waals surface area contributed by atoms with E-state index in [0.717, 1.165) is 110 Å². The SMILES string of the molecule is c1ccc(N(c2ccccc2)c2ccc(-c3ccc(-c4ccc(N(c5ccccc5)c5ccccc5)cc4)c4sc(-c5ccc(-c6ccc7oc8ccccc8c7c6)cc5)nc34)cc2)cc1. The van der Waals surface area contributed by atoms with E-state index in [4.69, 9.17) is 9.40 Å². The highest BCUT2D eigenvalue weighted by Crippen LogP contribution is 2.44. The number of benzene rings is 10. The van der Waals surface area contributed by atoms with E-state index in [1.54, 1.807) is 11.3 Å². The molecule has 2 heterocycles. The van der Waals surface area contributed by atoms with Crippen LogP contribution in [0.4, 0.5) is 34.1 Å². The zero-order chi connectivity index (χ0) is 43.8. The predicted octanol–water partition coefficient (Wildman–Crippen LogP) is 17.8. The van der Waals surface area contributed by atoms with E-state index in [1.165, 1.54) is 0 Å². The number of hydrogen-bond acceptors (Lipinski definition) is 5. The summed E-state index contributed by atoms with van der Waals surface area (Å²) in [6.07, 6.45) is 0. The number of anilines is 6. The van der Waals surface area contributed by atoms with Gasteiger partial charge in [-0.15, -0.1) is 11.3 Å². The average Bonchev–Trinajstić information content (AvgIpc) is 4.01. The molecule has 0 unspecified atom stereocenters. The molecule has 0 fully saturated rings. The number of furan rings is 1. The van der Waals surface area contributed by atoms with Crippen molar-refractivity contribution in [2.45, 2.75) is 0 Å². The van der Waals surface area contributed by atoms with Crippen molar-refractivity contribution >= 4 is 77.6 Å². The molecule has 0 aliphatic rings. The highest BCUT2D eigenvalue weighted by Gasteiger charge is 2.19.